The minimum absolute atomic E-state index is 0.0943. The van der Waals surface area contributed by atoms with Crippen molar-refractivity contribution >= 4 is 11.9 Å². The van der Waals surface area contributed by atoms with Gasteiger partial charge in [0.25, 0.3) is 0 Å². The molecule has 0 saturated carbocycles. The number of allylic oxidation sites excluding steroid dienone is 1. The van der Waals surface area contributed by atoms with Gasteiger partial charge in [0.15, 0.2) is 5.76 Å². The number of hydrogen-bond donors (Lipinski definition) is 0. The molecular formula is C26H30N2O5. The molecule has 0 spiro atoms. The molecule has 0 N–H and O–H groups in total. The maximum Gasteiger partial charge on any atom is 0.231 e. The zero-order chi connectivity index (χ0) is 22.8. The van der Waals surface area contributed by atoms with Crippen LogP contribution in [0.25, 0.3) is 6.08 Å². The molecule has 0 aliphatic carbocycles. The lowest BCUT2D eigenvalue weighted by molar-refractivity contribution is 0.0329. The number of nitrogens with zero attached hydrogens (tertiary/aromatic N) is 2. The Labute approximate surface area is 194 Å². The fourth-order valence-electron chi connectivity index (χ4n) is 4.67. The molecule has 2 aromatic rings. The normalized spacial score (nSPS) is 19.7. The summed E-state index contributed by atoms with van der Waals surface area (Å²) < 4.78 is 22.8. The standard InChI is InChI=1S/C26H30N2O5/c1-18-25-20(16-28(17-32-25)8-4-7-27-9-11-31-12-10-27)15-22-24(29)23(33-26(18)22)14-19-5-3-6-21(13-19)30-2/h3,5-6,13-15H,4,7-12,16-17H2,1-2H3/b23-14+. The van der Waals surface area contributed by atoms with Gasteiger partial charge in [-0.1, -0.05) is 12.1 Å². The third-order valence-corrected chi connectivity index (χ3v) is 6.45. The van der Waals surface area contributed by atoms with E-state index in [-0.39, 0.29) is 5.78 Å². The molecule has 33 heavy (non-hydrogen) atoms. The second kappa shape index (κ2) is 9.55. The molecular weight excluding hydrogens is 420 g/mol. The lowest BCUT2D eigenvalue weighted by atomic mass is 10.00. The second-order valence-electron chi connectivity index (χ2n) is 8.72. The van der Waals surface area contributed by atoms with E-state index < -0.39 is 0 Å². The lowest BCUT2D eigenvalue weighted by Crippen LogP contribution is -2.39. The smallest absolute Gasteiger partial charge is 0.231 e. The SMILES string of the molecule is COc1cccc(/C=C2/Oc3c(cc4c(c3C)OCN(CCCN3CCOCC3)C4)C2=O)c1. The molecule has 0 amide bonds. The van der Waals surface area contributed by atoms with Crippen molar-refractivity contribution in [1.29, 1.82) is 0 Å². The van der Waals surface area contributed by atoms with E-state index in [9.17, 15) is 4.79 Å². The number of ketones is 1. The van der Waals surface area contributed by atoms with E-state index in [1.165, 1.54) is 0 Å². The third kappa shape index (κ3) is 4.62. The van der Waals surface area contributed by atoms with Gasteiger partial charge in [-0.25, -0.2) is 0 Å². The van der Waals surface area contributed by atoms with Crippen LogP contribution in [0, 0.1) is 6.92 Å². The highest BCUT2D eigenvalue weighted by Gasteiger charge is 2.33. The molecule has 5 rings (SSSR count). The van der Waals surface area contributed by atoms with Crippen molar-refractivity contribution in [2.45, 2.75) is 19.9 Å². The van der Waals surface area contributed by atoms with Gasteiger partial charge in [0, 0.05) is 37.3 Å². The maximum absolute atomic E-state index is 13.1. The molecule has 7 heteroatoms. The lowest BCUT2D eigenvalue weighted by Gasteiger charge is -2.31. The van der Waals surface area contributed by atoms with Crippen molar-refractivity contribution in [3.8, 4) is 17.2 Å². The molecule has 0 bridgehead atoms. The predicted octanol–water partition coefficient (Wildman–Crippen LogP) is 3.49. The van der Waals surface area contributed by atoms with Gasteiger partial charge < -0.3 is 18.9 Å². The molecule has 1 fully saturated rings. The van der Waals surface area contributed by atoms with Crippen LogP contribution in [0.3, 0.4) is 0 Å². The molecule has 174 valence electrons. The van der Waals surface area contributed by atoms with Crippen LogP contribution in [-0.2, 0) is 11.3 Å². The first-order valence-electron chi connectivity index (χ1n) is 11.5. The Morgan fingerprint density at radius 1 is 1.09 bits per heavy atom. The summed E-state index contributed by atoms with van der Waals surface area (Å²) in [6.07, 6.45) is 2.85. The van der Waals surface area contributed by atoms with Crippen molar-refractivity contribution in [3.63, 3.8) is 0 Å². The summed E-state index contributed by atoms with van der Waals surface area (Å²) in [6.45, 7) is 9.00. The number of ether oxygens (including phenoxy) is 4. The zero-order valence-electron chi connectivity index (χ0n) is 19.3. The van der Waals surface area contributed by atoms with E-state index in [1.807, 2.05) is 37.3 Å². The minimum atomic E-state index is -0.0943. The highest BCUT2D eigenvalue weighted by atomic mass is 16.5. The number of carbonyl (C=O) groups is 1. The predicted molar refractivity (Wildman–Crippen MR) is 125 cm³/mol. The highest BCUT2D eigenvalue weighted by Crippen LogP contribution is 2.43. The number of fused-ring (bicyclic) bond motifs is 2. The number of carbonyl (C=O) groups excluding carboxylic acids is 1. The fraction of sp³-hybridized carbons (Fsp3) is 0.423. The van der Waals surface area contributed by atoms with Crippen molar-refractivity contribution in [3.05, 3.63) is 58.3 Å². The second-order valence-corrected chi connectivity index (χ2v) is 8.72. The number of benzene rings is 2. The van der Waals surface area contributed by atoms with Crippen molar-refractivity contribution in [2.24, 2.45) is 0 Å². The Morgan fingerprint density at radius 2 is 1.91 bits per heavy atom. The van der Waals surface area contributed by atoms with Gasteiger partial charge in [-0.05, 0) is 49.7 Å². The van der Waals surface area contributed by atoms with Crippen molar-refractivity contribution < 1.29 is 23.7 Å². The average Bonchev–Trinajstić information content (AvgIpc) is 3.15. The van der Waals surface area contributed by atoms with E-state index in [0.29, 0.717) is 23.8 Å². The van der Waals surface area contributed by atoms with E-state index in [1.54, 1.807) is 13.2 Å². The number of Topliss-reactive ketones (excluding diaryl/α,β-unsaturated/α-hetero) is 1. The van der Waals surface area contributed by atoms with Crippen LogP contribution in [0.2, 0.25) is 0 Å². The minimum Gasteiger partial charge on any atom is -0.497 e. The van der Waals surface area contributed by atoms with Crippen molar-refractivity contribution in [2.75, 3.05) is 53.2 Å². The van der Waals surface area contributed by atoms with Gasteiger partial charge in [0.1, 0.15) is 24.0 Å². The summed E-state index contributed by atoms with van der Waals surface area (Å²) in [6, 6.07) is 9.51. The number of morpholine rings is 1. The third-order valence-electron chi connectivity index (χ3n) is 6.45. The topological polar surface area (TPSA) is 60.5 Å². The Kier molecular flexibility index (Phi) is 6.35. The maximum atomic E-state index is 13.1. The zero-order valence-corrected chi connectivity index (χ0v) is 19.3. The fourth-order valence-corrected chi connectivity index (χ4v) is 4.67. The molecule has 3 aliphatic heterocycles. The van der Waals surface area contributed by atoms with E-state index in [4.69, 9.17) is 18.9 Å². The Balaban J connectivity index is 1.29. The molecule has 3 heterocycles. The Hall–Kier alpha value is -2.87. The van der Waals surface area contributed by atoms with Crippen LogP contribution in [0.1, 0.15) is 33.5 Å². The first kappa shape index (κ1) is 21.9. The molecule has 0 unspecified atom stereocenters. The van der Waals surface area contributed by atoms with Crippen LogP contribution in [0.5, 0.6) is 17.2 Å². The number of methoxy groups -OCH3 is 1. The molecule has 2 aromatic carbocycles. The van der Waals surface area contributed by atoms with Gasteiger partial charge >= 0.3 is 0 Å². The molecule has 0 aromatic heterocycles. The van der Waals surface area contributed by atoms with E-state index in [0.717, 1.165) is 80.5 Å². The summed E-state index contributed by atoms with van der Waals surface area (Å²) in [7, 11) is 1.62. The molecule has 3 aliphatic rings. The van der Waals surface area contributed by atoms with Crippen LogP contribution in [0.4, 0.5) is 0 Å². The van der Waals surface area contributed by atoms with Crippen LogP contribution in [-0.4, -0.2) is 68.8 Å². The highest BCUT2D eigenvalue weighted by molar-refractivity contribution is 6.15. The van der Waals surface area contributed by atoms with Gasteiger partial charge in [-0.15, -0.1) is 0 Å². The largest absolute Gasteiger partial charge is 0.497 e. The first-order valence-corrected chi connectivity index (χ1v) is 11.5. The Morgan fingerprint density at radius 3 is 2.73 bits per heavy atom. The van der Waals surface area contributed by atoms with E-state index in [2.05, 4.69) is 9.80 Å². The first-order chi connectivity index (χ1) is 16.1. The van der Waals surface area contributed by atoms with Gasteiger partial charge in [-0.3, -0.25) is 14.6 Å². The number of rotatable bonds is 6. The summed E-state index contributed by atoms with van der Waals surface area (Å²) in [5, 5.41) is 0. The van der Waals surface area contributed by atoms with Crippen LogP contribution < -0.4 is 14.2 Å². The summed E-state index contributed by atoms with van der Waals surface area (Å²) in [4.78, 5) is 17.9. The summed E-state index contributed by atoms with van der Waals surface area (Å²) in [5.74, 6) is 2.41. The molecule has 0 atom stereocenters. The van der Waals surface area contributed by atoms with Gasteiger partial charge in [-0.2, -0.15) is 0 Å². The van der Waals surface area contributed by atoms with Gasteiger partial charge in [0.2, 0.25) is 5.78 Å². The molecule has 1 saturated heterocycles. The monoisotopic (exact) mass is 450 g/mol. The summed E-state index contributed by atoms with van der Waals surface area (Å²) in [5.41, 5.74) is 3.40. The van der Waals surface area contributed by atoms with Crippen LogP contribution >= 0.6 is 0 Å². The Bertz CT molecular complexity index is 1070. The van der Waals surface area contributed by atoms with Crippen molar-refractivity contribution in [1.82, 2.24) is 9.80 Å². The molecule has 0 radical (unpaired) electrons. The van der Waals surface area contributed by atoms with Crippen LogP contribution in [0.15, 0.2) is 36.1 Å². The van der Waals surface area contributed by atoms with E-state index >= 15 is 0 Å². The quantitative estimate of drug-likeness (QED) is 0.625. The molecule has 7 nitrogen and oxygen atoms in total. The average molecular weight is 451 g/mol. The number of hydrogen-bond acceptors (Lipinski definition) is 7. The summed E-state index contributed by atoms with van der Waals surface area (Å²) >= 11 is 0. The van der Waals surface area contributed by atoms with Gasteiger partial charge in [0.05, 0.1) is 25.9 Å².